The standard InChI is InChI=1S/C29H27N3O3S/c1-29(2,3)19-13-14-20-23(17-19)36-28(31-20)32-25(21-11-7-8-16-30-21)24(26(34)27(32)35)22(33)15-12-18-9-5-4-6-10-18/h4-11,13-14,16-17,25,34H,12,15H2,1-3H3. The second-order valence-corrected chi connectivity index (χ2v) is 10.9. The van der Waals surface area contributed by atoms with Crippen molar-refractivity contribution in [3.05, 3.63) is 101 Å². The fourth-order valence-electron chi connectivity index (χ4n) is 4.42. The molecular weight excluding hydrogens is 470 g/mol. The van der Waals surface area contributed by atoms with E-state index < -0.39 is 17.7 Å². The number of rotatable bonds is 6. The van der Waals surface area contributed by atoms with Crippen LogP contribution in [-0.2, 0) is 21.4 Å². The van der Waals surface area contributed by atoms with Gasteiger partial charge in [-0.15, -0.1) is 0 Å². The number of carbonyl (C=O) groups is 2. The molecule has 5 rings (SSSR count). The van der Waals surface area contributed by atoms with Gasteiger partial charge in [0.05, 0.1) is 21.5 Å². The zero-order valence-electron chi connectivity index (χ0n) is 20.4. The zero-order chi connectivity index (χ0) is 25.4. The number of pyridine rings is 1. The third-order valence-corrected chi connectivity index (χ3v) is 7.43. The van der Waals surface area contributed by atoms with Crippen molar-refractivity contribution in [1.82, 2.24) is 9.97 Å². The van der Waals surface area contributed by atoms with Crippen molar-refractivity contribution >= 4 is 38.4 Å². The van der Waals surface area contributed by atoms with E-state index >= 15 is 0 Å². The molecule has 3 heterocycles. The van der Waals surface area contributed by atoms with Gasteiger partial charge in [0.1, 0.15) is 6.04 Å². The number of carbonyl (C=O) groups excluding carboxylic acids is 2. The van der Waals surface area contributed by atoms with Gasteiger partial charge in [0.15, 0.2) is 16.7 Å². The number of amides is 1. The zero-order valence-corrected chi connectivity index (χ0v) is 21.2. The summed E-state index contributed by atoms with van der Waals surface area (Å²) in [4.78, 5) is 37.4. The molecule has 0 saturated heterocycles. The molecule has 4 aromatic rings. The normalized spacial score (nSPS) is 16.2. The molecule has 0 aliphatic carbocycles. The highest BCUT2D eigenvalue weighted by Gasteiger charge is 2.46. The van der Waals surface area contributed by atoms with Crippen LogP contribution in [0.5, 0.6) is 0 Å². The van der Waals surface area contributed by atoms with Crippen LogP contribution >= 0.6 is 11.3 Å². The van der Waals surface area contributed by atoms with Gasteiger partial charge in [-0.2, -0.15) is 0 Å². The highest BCUT2D eigenvalue weighted by Crippen LogP contribution is 2.43. The summed E-state index contributed by atoms with van der Waals surface area (Å²) in [5.41, 5.74) is 3.49. The summed E-state index contributed by atoms with van der Waals surface area (Å²) in [6.45, 7) is 6.44. The van der Waals surface area contributed by atoms with E-state index in [0.717, 1.165) is 21.3 Å². The molecule has 0 bridgehead atoms. The predicted molar refractivity (Wildman–Crippen MR) is 142 cm³/mol. The largest absolute Gasteiger partial charge is 0.503 e. The Hall–Kier alpha value is -3.84. The van der Waals surface area contributed by atoms with Crippen LogP contribution in [0.15, 0.2) is 84.3 Å². The van der Waals surface area contributed by atoms with Crippen LogP contribution in [0.2, 0.25) is 0 Å². The maximum Gasteiger partial charge on any atom is 0.296 e. The minimum absolute atomic E-state index is 0.0313. The molecule has 1 aliphatic heterocycles. The average molecular weight is 498 g/mol. The van der Waals surface area contributed by atoms with Crippen molar-refractivity contribution in [2.45, 2.75) is 45.1 Å². The fourth-order valence-corrected chi connectivity index (χ4v) is 5.46. The first kappa shape index (κ1) is 23.9. The number of aromatic nitrogens is 2. The molecule has 1 amide bonds. The van der Waals surface area contributed by atoms with Gasteiger partial charge in [-0.3, -0.25) is 19.5 Å². The number of fused-ring (bicyclic) bond motifs is 1. The molecule has 1 unspecified atom stereocenters. The first-order valence-corrected chi connectivity index (χ1v) is 12.7. The Morgan fingerprint density at radius 1 is 1.06 bits per heavy atom. The van der Waals surface area contributed by atoms with E-state index in [4.69, 9.17) is 4.98 Å². The number of hydrogen-bond acceptors (Lipinski definition) is 6. The van der Waals surface area contributed by atoms with Gasteiger partial charge < -0.3 is 5.11 Å². The molecule has 182 valence electrons. The Labute approximate surface area is 214 Å². The molecule has 0 spiro atoms. The Morgan fingerprint density at radius 3 is 2.50 bits per heavy atom. The van der Waals surface area contributed by atoms with E-state index in [1.54, 1.807) is 24.4 Å². The van der Waals surface area contributed by atoms with E-state index in [0.29, 0.717) is 17.2 Å². The molecule has 0 radical (unpaired) electrons. The lowest BCUT2D eigenvalue weighted by Crippen LogP contribution is -2.31. The van der Waals surface area contributed by atoms with Gasteiger partial charge in [0.2, 0.25) is 0 Å². The lowest BCUT2D eigenvalue weighted by Gasteiger charge is -2.23. The van der Waals surface area contributed by atoms with E-state index in [-0.39, 0.29) is 23.2 Å². The summed E-state index contributed by atoms with van der Waals surface area (Å²) < 4.78 is 0.938. The minimum Gasteiger partial charge on any atom is -0.503 e. The van der Waals surface area contributed by atoms with E-state index in [1.165, 1.54) is 16.2 Å². The number of benzene rings is 2. The van der Waals surface area contributed by atoms with Crippen LogP contribution in [0.25, 0.3) is 10.2 Å². The number of hydrogen-bond donors (Lipinski definition) is 1. The highest BCUT2D eigenvalue weighted by molar-refractivity contribution is 7.22. The van der Waals surface area contributed by atoms with Crippen molar-refractivity contribution in [1.29, 1.82) is 0 Å². The number of thiazole rings is 1. The highest BCUT2D eigenvalue weighted by atomic mass is 32.1. The quantitative estimate of drug-likeness (QED) is 0.348. The van der Waals surface area contributed by atoms with Gasteiger partial charge in [0, 0.05) is 12.6 Å². The lowest BCUT2D eigenvalue weighted by molar-refractivity contribution is -0.118. The number of Topliss-reactive ketones (excluding diaryl/α,β-unsaturated/α-hetero) is 1. The molecule has 2 aromatic heterocycles. The van der Waals surface area contributed by atoms with Crippen molar-refractivity contribution in [3.8, 4) is 0 Å². The number of aliphatic hydroxyl groups excluding tert-OH is 1. The van der Waals surface area contributed by atoms with E-state index in [1.807, 2.05) is 42.5 Å². The number of nitrogens with zero attached hydrogens (tertiary/aromatic N) is 3. The summed E-state index contributed by atoms with van der Waals surface area (Å²) in [5, 5.41) is 11.4. The van der Waals surface area contributed by atoms with Gasteiger partial charge in [-0.25, -0.2) is 4.98 Å². The van der Waals surface area contributed by atoms with Crippen LogP contribution < -0.4 is 4.90 Å². The summed E-state index contributed by atoms with van der Waals surface area (Å²) in [6.07, 6.45) is 2.30. The topological polar surface area (TPSA) is 83.4 Å². The van der Waals surface area contributed by atoms with Gasteiger partial charge >= 0.3 is 0 Å². The van der Waals surface area contributed by atoms with Crippen LogP contribution in [0.3, 0.4) is 0 Å². The van der Waals surface area contributed by atoms with E-state index in [2.05, 4.69) is 31.8 Å². The number of ketones is 1. The second-order valence-electron chi connectivity index (χ2n) is 9.93. The van der Waals surface area contributed by atoms with Crippen LogP contribution in [0.1, 0.15) is 50.1 Å². The Kier molecular flexibility index (Phi) is 6.18. The predicted octanol–water partition coefficient (Wildman–Crippen LogP) is 6.09. The molecule has 1 atom stereocenters. The maximum absolute atomic E-state index is 13.4. The second kappa shape index (κ2) is 9.32. The lowest BCUT2D eigenvalue weighted by atomic mass is 9.87. The van der Waals surface area contributed by atoms with Crippen molar-refractivity contribution in [2.24, 2.45) is 0 Å². The number of anilines is 1. The van der Waals surface area contributed by atoms with Gasteiger partial charge in [-0.1, -0.05) is 74.6 Å². The summed E-state index contributed by atoms with van der Waals surface area (Å²) in [6, 6.07) is 20.3. The molecular formula is C29H27N3O3S. The summed E-state index contributed by atoms with van der Waals surface area (Å²) in [5.74, 6) is -1.44. The van der Waals surface area contributed by atoms with Gasteiger partial charge in [0.25, 0.3) is 5.91 Å². The van der Waals surface area contributed by atoms with Crippen LogP contribution in [0, 0.1) is 0 Å². The summed E-state index contributed by atoms with van der Waals surface area (Å²) in [7, 11) is 0. The third kappa shape index (κ3) is 4.42. The van der Waals surface area contributed by atoms with E-state index in [9.17, 15) is 14.7 Å². The Morgan fingerprint density at radius 2 is 1.81 bits per heavy atom. The smallest absolute Gasteiger partial charge is 0.296 e. The average Bonchev–Trinajstić information content (AvgIpc) is 3.41. The minimum atomic E-state index is -0.843. The molecule has 6 nitrogen and oxygen atoms in total. The molecule has 0 fully saturated rings. The van der Waals surface area contributed by atoms with Crippen molar-refractivity contribution in [2.75, 3.05) is 4.90 Å². The molecule has 7 heteroatoms. The summed E-state index contributed by atoms with van der Waals surface area (Å²) >= 11 is 1.37. The molecule has 2 aromatic carbocycles. The molecule has 36 heavy (non-hydrogen) atoms. The Bertz CT molecular complexity index is 1470. The first-order chi connectivity index (χ1) is 17.2. The van der Waals surface area contributed by atoms with Crippen molar-refractivity contribution in [3.63, 3.8) is 0 Å². The van der Waals surface area contributed by atoms with Gasteiger partial charge in [-0.05, 0) is 47.2 Å². The maximum atomic E-state index is 13.4. The molecule has 1 N–H and O–H groups in total. The third-order valence-electron chi connectivity index (χ3n) is 6.41. The number of aliphatic hydroxyl groups is 1. The molecule has 0 saturated carbocycles. The fraction of sp³-hybridized carbons (Fsp3) is 0.241. The van der Waals surface area contributed by atoms with Crippen molar-refractivity contribution < 1.29 is 14.7 Å². The number of aryl methyl sites for hydroxylation is 1. The SMILES string of the molecule is CC(C)(C)c1ccc2nc(N3C(=O)C(O)=C(C(=O)CCc4ccccc4)C3c3ccccn3)sc2c1. The first-order valence-electron chi connectivity index (χ1n) is 11.9. The van der Waals surface area contributed by atoms with Crippen LogP contribution in [-0.4, -0.2) is 26.8 Å². The van der Waals surface area contributed by atoms with Crippen LogP contribution in [0.4, 0.5) is 5.13 Å². The molecule has 1 aliphatic rings. The Balaban J connectivity index is 1.54. The monoisotopic (exact) mass is 497 g/mol.